The van der Waals surface area contributed by atoms with Crippen LogP contribution in [-0.4, -0.2) is 9.97 Å². The maximum Gasteiger partial charge on any atom is 0.136 e. The van der Waals surface area contributed by atoms with Crippen LogP contribution in [0.5, 0.6) is 0 Å². The number of hydrogen-bond acceptors (Lipinski definition) is 2. The topological polar surface area (TPSA) is 25.8 Å². The SMILES string of the molecule is CC(C)c1cccc(-c2cnc(C3CC3)cn2)c1F. The summed E-state index contributed by atoms with van der Waals surface area (Å²) in [5, 5.41) is 0. The van der Waals surface area contributed by atoms with Gasteiger partial charge in [0, 0.05) is 17.7 Å². The monoisotopic (exact) mass is 256 g/mol. The van der Waals surface area contributed by atoms with E-state index in [2.05, 4.69) is 9.97 Å². The Morgan fingerprint density at radius 1 is 1.16 bits per heavy atom. The van der Waals surface area contributed by atoms with Gasteiger partial charge in [-0.25, -0.2) is 4.39 Å². The first-order chi connectivity index (χ1) is 9.16. The maximum absolute atomic E-state index is 14.4. The van der Waals surface area contributed by atoms with Crippen molar-refractivity contribution in [1.29, 1.82) is 0 Å². The molecule has 2 nitrogen and oxygen atoms in total. The van der Waals surface area contributed by atoms with Crippen LogP contribution in [0.3, 0.4) is 0 Å². The van der Waals surface area contributed by atoms with Crippen LogP contribution in [0.1, 0.15) is 49.8 Å². The van der Waals surface area contributed by atoms with E-state index < -0.39 is 0 Å². The maximum atomic E-state index is 14.4. The summed E-state index contributed by atoms with van der Waals surface area (Å²) in [5.74, 6) is 0.568. The van der Waals surface area contributed by atoms with Gasteiger partial charge in [0.15, 0.2) is 0 Å². The Morgan fingerprint density at radius 2 is 1.95 bits per heavy atom. The molecule has 2 aromatic rings. The zero-order valence-corrected chi connectivity index (χ0v) is 11.2. The predicted octanol–water partition coefficient (Wildman–Crippen LogP) is 4.28. The van der Waals surface area contributed by atoms with E-state index in [0.717, 1.165) is 11.3 Å². The molecule has 1 fully saturated rings. The van der Waals surface area contributed by atoms with Gasteiger partial charge < -0.3 is 0 Å². The van der Waals surface area contributed by atoms with Crippen molar-refractivity contribution in [2.24, 2.45) is 0 Å². The van der Waals surface area contributed by atoms with Gasteiger partial charge in [0.25, 0.3) is 0 Å². The molecular formula is C16H17FN2. The summed E-state index contributed by atoms with van der Waals surface area (Å²) in [6, 6.07) is 5.47. The van der Waals surface area contributed by atoms with Crippen LogP contribution in [-0.2, 0) is 0 Å². The highest BCUT2D eigenvalue weighted by atomic mass is 19.1. The molecule has 0 unspecified atom stereocenters. The number of halogens is 1. The molecule has 0 amide bonds. The highest BCUT2D eigenvalue weighted by Crippen LogP contribution is 2.38. The fourth-order valence-corrected chi connectivity index (χ4v) is 2.26. The van der Waals surface area contributed by atoms with Crippen molar-refractivity contribution in [1.82, 2.24) is 9.97 Å². The molecule has 1 aromatic heterocycles. The van der Waals surface area contributed by atoms with Gasteiger partial charge in [-0.15, -0.1) is 0 Å². The third-order valence-corrected chi connectivity index (χ3v) is 3.59. The van der Waals surface area contributed by atoms with Crippen molar-refractivity contribution in [3.05, 3.63) is 47.7 Å². The van der Waals surface area contributed by atoms with E-state index in [1.807, 2.05) is 26.0 Å². The molecule has 0 bridgehead atoms. The molecule has 1 aromatic carbocycles. The molecule has 1 aliphatic rings. The average molecular weight is 256 g/mol. The van der Waals surface area contributed by atoms with Crippen molar-refractivity contribution >= 4 is 0 Å². The predicted molar refractivity (Wildman–Crippen MR) is 73.5 cm³/mol. The van der Waals surface area contributed by atoms with Gasteiger partial charge in [0.2, 0.25) is 0 Å². The third-order valence-electron chi connectivity index (χ3n) is 3.59. The van der Waals surface area contributed by atoms with E-state index in [1.54, 1.807) is 18.5 Å². The molecule has 0 atom stereocenters. The van der Waals surface area contributed by atoms with E-state index in [4.69, 9.17) is 0 Å². The summed E-state index contributed by atoms with van der Waals surface area (Å²) in [5.41, 5.74) is 2.92. The molecule has 98 valence electrons. The Labute approximate surface area is 112 Å². The largest absolute Gasteiger partial charge is 0.257 e. The lowest BCUT2D eigenvalue weighted by Gasteiger charge is -2.10. The normalized spacial score (nSPS) is 14.9. The molecule has 0 radical (unpaired) electrons. The molecule has 0 spiro atoms. The van der Waals surface area contributed by atoms with Gasteiger partial charge in [-0.1, -0.05) is 26.0 Å². The molecule has 0 saturated heterocycles. The summed E-state index contributed by atoms with van der Waals surface area (Å²) in [6.45, 7) is 3.98. The van der Waals surface area contributed by atoms with Crippen LogP contribution in [0.2, 0.25) is 0 Å². The van der Waals surface area contributed by atoms with Gasteiger partial charge in [0.05, 0.1) is 17.6 Å². The van der Waals surface area contributed by atoms with Gasteiger partial charge in [-0.2, -0.15) is 0 Å². The second-order valence-corrected chi connectivity index (χ2v) is 5.46. The van der Waals surface area contributed by atoms with Crippen LogP contribution in [0, 0.1) is 5.82 Å². The standard InChI is InChI=1S/C16H17FN2/c1-10(2)12-4-3-5-13(16(12)17)15-9-18-14(8-19-15)11-6-7-11/h3-5,8-11H,6-7H2,1-2H3. The Morgan fingerprint density at radius 3 is 2.53 bits per heavy atom. The second kappa shape index (κ2) is 4.72. The Bertz CT molecular complexity index is 586. The number of hydrogen-bond donors (Lipinski definition) is 0. The Kier molecular flexibility index (Phi) is 3.05. The fourth-order valence-electron chi connectivity index (χ4n) is 2.26. The molecule has 1 aliphatic carbocycles. The minimum Gasteiger partial charge on any atom is -0.257 e. The van der Waals surface area contributed by atoms with Gasteiger partial charge >= 0.3 is 0 Å². The third kappa shape index (κ3) is 2.37. The molecule has 0 N–H and O–H groups in total. The van der Waals surface area contributed by atoms with E-state index in [0.29, 0.717) is 17.2 Å². The number of rotatable bonds is 3. The molecule has 19 heavy (non-hydrogen) atoms. The first kappa shape index (κ1) is 12.3. The lowest BCUT2D eigenvalue weighted by Crippen LogP contribution is -1.98. The van der Waals surface area contributed by atoms with Crippen molar-refractivity contribution in [2.45, 2.75) is 38.5 Å². The fraction of sp³-hybridized carbons (Fsp3) is 0.375. The zero-order valence-electron chi connectivity index (χ0n) is 11.2. The quantitative estimate of drug-likeness (QED) is 0.819. The molecular weight excluding hydrogens is 239 g/mol. The van der Waals surface area contributed by atoms with Crippen molar-refractivity contribution in [2.75, 3.05) is 0 Å². The smallest absolute Gasteiger partial charge is 0.136 e. The van der Waals surface area contributed by atoms with Crippen LogP contribution >= 0.6 is 0 Å². The van der Waals surface area contributed by atoms with Crippen molar-refractivity contribution in [3.8, 4) is 11.3 Å². The van der Waals surface area contributed by atoms with Crippen LogP contribution in [0.25, 0.3) is 11.3 Å². The van der Waals surface area contributed by atoms with Crippen molar-refractivity contribution in [3.63, 3.8) is 0 Å². The second-order valence-electron chi connectivity index (χ2n) is 5.46. The summed E-state index contributed by atoms with van der Waals surface area (Å²) in [6.07, 6.45) is 5.88. The highest BCUT2D eigenvalue weighted by Gasteiger charge is 2.25. The van der Waals surface area contributed by atoms with Crippen LogP contribution in [0.4, 0.5) is 4.39 Å². The lowest BCUT2D eigenvalue weighted by atomic mass is 9.99. The first-order valence-corrected chi connectivity index (χ1v) is 6.77. The molecule has 1 saturated carbocycles. The number of aromatic nitrogens is 2. The summed E-state index contributed by atoms with van der Waals surface area (Å²) in [4.78, 5) is 8.77. The molecule has 1 heterocycles. The van der Waals surface area contributed by atoms with Crippen LogP contribution < -0.4 is 0 Å². The lowest BCUT2D eigenvalue weighted by molar-refractivity contribution is 0.601. The highest BCUT2D eigenvalue weighted by molar-refractivity contribution is 5.60. The summed E-state index contributed by atoms with van der Waals surface area (Å²) in [7, 11) is 0. The van der Waals surface area contributed by atoms with Crippen molar-refractivity contribution < 1.29 is 4.39 Å². The minimum absolute atomic E-state index is 0.165. The van der Waals surface area contributed by atoms with E-state index in [-0.39, 0.29) is 11.7 Å². The van der Waals surface area contributed by atoms with Crippen LogP contribution in [0.15, 0.2) is 30.6 Å². The van der Waals surface area contributed by atoms with Gasteiger partial charge in [-0.3, -0.25) is 9.97 Å². The van der Waals surface area contributed by atoms with E-state index in [1.165, 1.54) is 12.8 Å². The average Bonchev–Trinajstić information content (AvgIpc) is 3.23. The zero-order chi connectivity index (χ0) is 13.4. The minimum atomic E-state index is -0.175. The Hall–Kier alpha value is -1.77. The van der Waals surface area contributed by atoms with Gasteiger partial charge in [-0.05, 0) is 30.4 Å². The summed E-state index contributed by atoms with van der Waals surface area (Å²) >= 11 is 0. The Balaban J connectivity index is 1.99. The van der Waals surface area contributed by atoms with E-state index in [9.17, 15) is 4.39 Å². The molecule has 0 aliphatic heterocycles. The number of benzene rings is 1. The molecule has 3 rings (SSSR count). The first-order valence-electron chi connectivity index (χ1n) is 6.77. The summed E-state index contributed by atoms with van der Waals surface area (Å²) < 4.78 is 14.4. The molecule has 3 heteroatoms. The van der Waals surface area contributed by atoms with Gasteiger partial charge in [0.1, 0.15) is 5.82 Å². The number of nitrogens with zero attached hydrogens (tertiary/aromatic N) is 2. The van der Waals surface area contributed by atoms with E-state index >= 15 is 0 Å².